The molecule has 2 amide bonds. The number of alkyl carbamates (subject to hydrolysis) is 1. The van der Waals surface area contributed by atoms with Crippen LogP contribution in [-0.2, 0) is 16.1 Å². The Hall–Kier alpha value is -4.13. The van der Waals surface area contributed by atoms with E-state index in [4.69, 9.17) is 9.84 Å². The second kappa shape index (κ2) is 10.2. The molecule has 0 aliphatic heterocycles. The lowest BCUT2D eigenvalue weighted by atomic mass is 9.98. The fourth-order valence-electron chi connectivity index (χ4n) is 4.17. The van der Waals surface area contributed by atoms with Crippen molar-refractivity contribution in [2.75, 3.05) is 20.2 Å². The minimum Gasteiger partial charge on any atom is -0.481 e. The van der Waals surface area contributed by atoms with E-state index in [9.17, 15) is 14.4 Å². The van der Waals surface area contributed by atoms with Gasteiger partial charge >= 0.3 is 12.1 Å². The SMILES string of the molecule is CN(CCC(=O)O)C(=O)c1ccc(CNC(=O)OCC2c3ccccc3-c3ccccc32)cc1. The molecule has 0 saturated carbocycles. The largest absolute Gasteiger partial charge is 0.481 e. The van der Waals surface area contributed by atoms with Crippen molar-refractivity contribution in [3.05, 3.63) is 95.1 Å². The first kappa shape index (κ1) is 23.0. The zero-order chi connectivity index (χ0) is 24.1. The summed E-state index contributed by atoms with van der Waals surface area (Å²) >= 11 is 0. The highest BCUT2D eigenvalue weighted by Gasteiger charge is 2.28. The number of rotatable bonds is 8. The van der Waals surface area contributed by atoms with Crippen LogP contribution in [0.1, 0.15) is 39.4 Å². The van der Waals surface area contributed by atoms with Gasteiger partial charge in [-0.25, -0.2) is 4.79 Å². The number of carbonyl (C=O) groups is 3. The normalized spacial score (nSPS) is 11.9. The van der Waals surface area contributed by atoms with Gasteiger partial charge < -0.3 is 20.1 Å². The van der Waals surface area contributed by atoms with E-state index in [2.05, 4.69) is 29.6 Å². The summed E-state index contributed by atoms with van der Waals surface area (Å²) in [6.07, 6.45) is -0.611. The van der Waals surface area contributed by atoms with E-state index in [0.717, 1.165) is 16.7 Å². The lowest BCUT2D eigenvalue weighted by Crippen LogP contribution is -2.29. The summed E-state index contributed by atoms with van der Waals surface area (Å²) in [6, 6.07) is 23.2. The number of nitrogens with one attached hydrogen (secondary N) is 1. The van der Waals surface area contributed by atoms with Crippen molar-refractivity contribution in [2.24, 2.45) is 0 Å². The summed E-state index contributed by atoms with van der Waals surface area (Å²) in [6.45, 7) is 0.648. The van der Waals surface area contributed by atoms with Crippen LogP contribution < -0.4 is 5.32 Å². The van der Waals surface area contributed by atoms with Crippen LogP contribution in [0.15, 0.2) is 72.8 Å². The molecule has 3 aromatic carbocycles. The van der Waals surface area contributed by atoms with Gasteiger partial charge in [-0.1, -0.05) is 60.7 Å². The Kier molecular flexibility index (Phi) is 6.92. The zero-order valence-electron chi connectivity index (χ0n) is 18.9. The van der Waals surface area contributed by atoms with Crippen LogP contribution in [-0.4, -0.2) is 48.2 Å². The topological polar surface area (TPSA) is 95.9 Å². The molecule has 2 N–H and O–H groups in total. The van der Waals surface area contributed by atoms with Crippen molar-refractivity contribution in [2.45, 2.75) is 18.9 Å². The lowest BCUT2D eigenvalue weighted by molar-refractivity contribution is -0.137. The number of hydrogen-bond donors (Lipinski definition) is 2. The fourth-order valence-corrected chi connectivity index (χ4v) is 4.17. The maximum absolute atomic E-state index is 12.4. The third-order valence-corrected chi connectivity index (χ3v) is 5.99. The minimum absolute atomic E-state index is 0.00145. The Morgan fingerprint density at radius 2 is 1.50 bits per heavy atom. The molecule has 0 aromatic heterocycles. The van der Waals surface area contributed by atoms with Gasteiger partial charge in [0, 0.05) is 31.6 Å². The van der Waals surface area contributed by atoms with E-state index in [-0.39, 0.29) is 37.9 Å². The molecule has 0 atom stereocenters. The van der Waals surface area contributed by atoms with E-state index >= 15 is 0 Å². The van der Waals surface area contributed by atoms with Crippen LogP contribution in [0.4, 0.5) is 4.79 Å². The van der Waals surface area contributed by atoms with Gasteiger partial charge in [-0.3, -0.25) is 9.59 Å². The summed E-state index contributed by atoms with van der Waals surface area (Å²) in [5.41, 5.74) is 5.94. The van der Waals surface area contributed by atoms with Gasteiger partial charge in [-0.15, -0.1) is 0 Å². The molecule has 3 aromatic rings. The number of benzene rings is 3. The number of fused-ring (bicyclic) bond motifs is 3. The molecule has 34 heavy (non-hydrogen) atoms. The van der Waals surface area contributed by atoms with Crippen molar-refractivity contribution in [1.29, 1.82) is 0 Å². The number of carboxylic acids is 1. The molecule has 7 nitrogen and oxygen atoms in total. The standard InChI is InChI=1S/C27H26N2O5/c1-29(15-14-25(30)31)26(32)19-12-10-18(11-13-19)16-28-27(33)34-17-24-22-8-4-2-6-20(22)21-7-3-5-9-23(21)24/h2-13,24H,14-17H2,1H3,(H,28,33)(H,30,31). The number of aliphatic carboxylic acids is 1. The summed E-state index contributed by atoms with van der Waals surface area (Å²) in [5, 5.41) is 11.5. The average Bonchev–Trinajstić information content (AvgIpc) is 3.18. The van der Waals surface area contributed by atoms with Crippen LogP contribution in [0.3, 0.4) is 0 Å². The van der Waals surface area contributed by atoms with Gasteiger partial charge in [0.2, 0.25) is 0 Å². The monoisotopic (exact) mass is 458 g/mol. The number of hydrogen-bond acceptors (Lipinski definition) is 4. The maximum Gasteiger partial charge on any atom is 0.407 e. The molecule has 4 rings (SSSR count). The van der Waals surface area contributed by atoms with E-state index in [1.165, 1.54) is 16.0 Å². The molecule has 0 bridgehead atoms. The predicted molar refractivity (Wildman–Crippen MR) is 128 cm³/mol. The molecule has 7 heteroatoms. The van der Waals surface area contributed by atoms with E-state index in [0.29, 0.717) is 5.56 Å². The second-order valence-corrected chi connectivity index (χ2v) is 8.25. The molecule has 1 aliphatic carbocycles. The first-order chi connectivity index (χ1) is 16.4. The summed E-state index contributed by atoms with van der Waals surface area (Å²) in [4.78, 5) is 36.8. The summed E-state index contributed by atoms with van der Waals surface area (Å²) < 4.78 is 5.54. The summed E-state index contributed by atoms with van der Waals surface area (Å²) in [7, 11) is 1.57. The number of ether oxygens (including phenoxy) is 1. The highest BCUT2D eigenvalue weighted by atomic mass is 16.5. The van der Waals surface area contributed by atoms with E-state index < -0.39 is 12.1 Å². The fraction of sp³-hybridized carbons (Fsp3) is 0.222. The van der Waals surface area contributed by atoms with Crippen molar-refractivity contribution >= 4 is 18.0 Å². The molecule has 0 unspecified atom stereocenters. The predicted octanol–water partition coefficient (Wildman–Crippen LogP) is 4.27. The Morgan fingerprint density at radius 3 is 2.09 bits per heavy atom. The van der Waals surface area contributed by atoms with Gasteiger partial charge in [-0.2, -0.15) is 0 Å². The molecular weight excluding hydrogens is 432 g/mol. The molecule has 0 radical (unpaired) electrons. The van der Waals surface area contributed by atoms with Crippen molar-refractivity contribution in [1.82, 2.24) is 10.2 Å². The maximum atomic E-state index is 12.4. The smallest absolute Gasteiger partial charge is 0.407 e. The number of carbonyl (C=O) groups excluding carboxylic acids is 2. The quantitative estimate of drug-likeness (QED) is 0.526. The number of nitrogens with zero attached hydrogens (tertiary/aromatic N) is 1. The van der Waals surface area contributed by atoms with E-state index in [1.807, 2.05) is 24.3 Å². The van der Waals surface area contributed by atoms with Crippen molar-refractivity contribution in [3.8, 4) is 11.1 Å². The third-order valence-electron chi connectivity index (χ3n) is 5.99. The van der Waals surface area contributed by atoms with Crippen LogP contribution in [0, 0.1) is 0 Å². The molecule has 0 saturated heterocycles. The molecule has 1 aliphatic rings. The Labute approximate surface area is 198 Å². The van der Waals surface area contributed by atoms with Crippen LogP contribution in [0.5, 0.6) is 0 Å². The zero-order valence-corrected chi connectivity index (χ0v) is 18.9. The van der Waals surface area contributed by atoms with Gasteiger partial charge in [0.1, 0.15) is 6.61 Å². The molecule has 0 heterocycles. The van der Waals surface area contributed by atoms with Crippen LogP contribution in [0.2, 0.25) is 0 Å². The second-order valence-electron chi connectivity index (χ2n) is 8.25. The first-order valence-electron chi connectivity index (χ1n) is 11.1. The van der Waals surface area contributed by atoms with Gasteiger partial charge in [0.25, 0.3) is 5.91 Å². The first-order valence-corrected chi connectivity index (χ1v) is 11.1. The number of amides is 2. The Bertz CT molecular complexity index is 1160. The third kappa shape index (κ3) is 5.09. The van der Waals surface area contributed by atoms with Crippen LogP contribution in [0.25, 0.3) is 11.1 Å². The highest BCUT2D eigenvalue weighted by Crippen LogP contribution is 2.44. The average molecular weight is 459 g/mol. The molecule has 0 spiro atoms. The summed E-state index contributed by atoms with van der Waals surface area (Å²) in [5.74, 6) is -1.20. The lowest BCUT2D eigenvalue weighted by Gasteiger charge is -2.16. The van der Waals surface area contributed by atoms with Gasteiger partial charge in [-0.05, 0) is 39.9 Å². The number of carboxylic acid groups (broad SMARTS) is 1. The molecule has 0 fully saturated rings. The van der Waals surface area contributed by atoms with E-state index in [1.54, 1.807) is 31.3 Å². The molecule has 174 valence electrons. The molecular formula is C27H26N2O5. The highest BCUT2D eigenvalue weighted by molar-refractivity contribution is 5.94. The van der Waals surface area contributed by atoms with Crippen molar-refractivity contribution in [3.63, 3.8) is 0 Å². The van der Waals surface area contributed by atoms with Crippen molar-refractivity contribution < 1.29 is 24.2 Å². The minimum atomic E-state index is -0.950. The Balaban J connectivity index is 1.29. The Morgan fingerprint density at radius 1 is 0.912 bits per heavy atom. The van der Waals surface area contributed by atoms with Crippen LogP contribution >= 0.6 is 0 Å². The van der Waals surface area contributed by atoms with Gasteiger partial charge in [0.05, 0.1) is 6.42 Å². The van der Waals surface area contributed by atoms with Gasteiger partial charge in [0.15, 0.2) is 0 Å².